The van der Waals surface area contributed by atoms with Crippen LogP contribution in [0.3, 0.4) is 0 Å². The molecule has 0 aliphatic rings. The third-order valence-corrected chi connectivity index (χ3v) is 5.11. The van der Waals surface area contributed by atoms with Crippen molar-refractivity contribution in [1.82, 2.24) is 0 Å². The van der Waals surface area contributed by atoms with Gasteiger partial charge in [-0.05, 0) is 41.0 Å². The van der Waals surface area contributed by atoms with E-state index in [1.165, 1.54) is 0 Å². The van der Waals surface area contributed by atoms with Crippen LogP contribution in [0.4, 0.5) is 0 Å². The van der Waals surface area contributed by atoms with Gasteiger partial charge in [-0.2, -0.15) is 0 Å². The zero-order valence-corrected chi connectivity index (χ0v) is 16.3. The molecule has 0 saturated carbocycles. The molecule has 0 saturated heterocycles. The van der Waals surface area contributed by atoms with Crippen LogP contribution in [-0.4, -0.2) is 5.78 Å². The van der Waals surface area contributed by atoms with Crippen molar-refractivity contribution in [2.45, 2.75) is 12.8 Å². The topological polar surface area (TPSA) is 17.1 Å². The van der Waals surface area contributed by atoms with Crippen LogP contribution in [-0.2, 0) is 0 Å². The smallest absolute Gasteiger partial charge is 0.170 e. The van der Waals surface area contributed by atoms with Crippen LogP contribution in [0, 0.1) is 0 Å². The molecule has 1 unspecified atom stereocenters. The molecular formula is C21H16Br2O. The lowest BCUT2D eigenvalue weighted by molar-refractivity contribution is 0.0966. The summed E-state index contributed by atoms with van der Waals surface area (Å²) in [6.07, 6.45) is 0. The van der Waals surface area contributed by atoms with E-state index in [9.17, 15) is 4.79 Å². The molecule has 1 nitrogen and oxygen atoms in total. The Morgan fingerprint density at radius 1 is 0.833 bits per heavy atom. The zero-order chi connectivity index (χ0) is 17.1. The van der Waals surface area contributed by atoms with E-state index in [1.807, 2.05) is 61.5 Å². The second-order valence-electron chi connectivity index (χ2n) is 5.69. The highest BCUT2D eigenvalue weighted by Crippen LogP contribution is 2.34. The minimum Gasteiger partial charge on any atom is -0.294 e. The Labute approximate surface area is 159 Å². The molecule has 0 heterocycles. The Morgan fingerprint density at radius 3 is 2.12 bits per heavy atom. The summed E-state index contributed by atoms with van der Waals surface area (Å²) in [6.45, 7) is 1.97. The van der Waals surface area contributed by atoms with Crippen LogP contribution >= 0.6 is 31.9 Å². The molecule has 1 atom stereocenters. The highest BCUT2D eigenvalue weighted by Gasteiger charge is 2.20. The molecule has 0 aromatic heterocycles. The molecule has 3 aromatic carbocycles. The van der Waals surface area contributed by atoms with Crippen LogP contribution in [0.1, 0.15) is 28.8 Å². The number of carbonyl (C=O) groups is 1. The van der Waals surface area contributed by atoms with Gasteiger partial charge in [0.15, 0.2) is 5.78 Å². The number of hydrogen-bond donors (Lipinski definition) is 0. The number of rotatable bonds is 4. The summed E-state index contributed by atoms with van der Waals surface area (Å²) in [6, 6.07) is 23.8. The van der Waals surface area contributed by atoms with Crippen molar-refractivity contribution >= 4 is 37.6 Å². The van der Waals surface area contributed by atoms with Crippen LogP contribution < -0.4 is 0 Å². The molecule has 24 heavy (non-hydrogen) atoms. The highest BCUT2D eigenvalue weighted by molar-refractivity contribution is 9.10. The van der Waals surface area contributed by atoms with Crippen LogP contribution in [0.15, 0.2) is 81.7 Å². The van der Waals surface area contributed by atoms with E-state index in [2.05, 4.69) is 50.1 Å². The van der Waals surface area contributed by atoms with Gasteiger partial charge in [0.25, 0.3) is 0 Å². The third kappa shape index (κ3) is 3.68. The predicted octanol–water partition coefficient (Wildman–Crippen LogP) is 6.87. The van der Waals surface area contributed by atoms with E-state index in [4.69, 9.17) is 0 Å². The molecule has 0 bridgehead atoms. The van der Waals surface area contributed by atoms with Crippen molar-refractivity contribution in [3.63, 3.8) is 0 Å². The van der Waals surface area contributed by atoms with Gasteiger partial charge in [0, 0.05) is 20.4 Å². The maximum atomic E-state index is 12.9. The number of halogens is 2. The molecule has 0 aliphatic heterocycles. The monoisotopic (exact) mass is 442 g/mol. The molecule has 0 aliphatic carbocycles. The summed E-state index contributed by atoms with van der Waals surface area (Å²) < 4.78 is 2.02. The van der Waals surface area contributed by atoms with Gasteiger partial charge in [-0.15, -0.1) is 0 Å². The van der Waals surface area contributed by atoms with E-state index in [-0.39, 0.29) is 11.7 Å². The van der Waals surface area contributed by atoms with Crippen LogP contribution in [0.5, 0.6) is 0 Å². The fourth-order valence-corrected chi connectivity index (χ4v) is 3.42. The summed E-state index contributed by atoms with van der Waals surface area (Å²) in [5.41, 5.74) is 3.96. The molecule has 0 spiro atoms. The molecule has 0 amide bonds. The Morgan fingerprint density at radius 2 is 1.46 bits per heavy atom. The fourth-order valence-electron chi connectivity index (χ4n) is 2.78. The third-order valence-electron chi connectivity index (χ3n) is 4.09. The van der Waals surface area contributed by atoms with E-state index >= 15 is 0 Å². The van der Waals surface area contributed by atoms with Crippen LogP contribution in [0.25, 0.3) is 11.1 Å². The van der Waals surface area contributed by atoms with E-state index in [1.54, 1.807) is 0 Å². The molecule has 0 fully saturated rings. The van der Waals surface area contributed by atoms with Gasteiger partial charge in [0.05, 0.1) is 0 Å². The lowest BCUT2D eigenvalue weighted by Crippen LogP contribution is -2.10. The minimum atomic E-state index is -0.219. The van der Waals surface area contributed by atoms with Crippen molar-refractivity contribution in [2.24, 2.45) is 0 Å². The summed E-state index contributed by atoms with van der Waals surface area (Å²) in [5, 5.41) is 0. The average molecular weight is 444 g/mol. The molecule has 3 aromatic rings. The molecular weight excluding hydrogens is 428 g/mol. The first-order chi connectivity index (χ1) is 11.6. The first-order valence-electron chi connectivity index (χ1n) is 7.71. The van der Waals surface area contributed by atoms with Gasteiger partial charge in [0.2, 0.25) is 0 Å². The maximum Gasteiger partial charge on any atom is 0.170 e. The van der Waals surface area contributed by atoms with Gasteiger partial charge in [-0.25, -0.2) is 0 Å². The molecule has 0 radical (unpaired) electrons. The number of hydrogen-bond acceptors (Lipinski definition) is 1. The van der Waals surface area contributed by atoms with Gasteiger partial charge in [0.1, 0.15) is 0 Å². The highest BCUT2D eigenvalue weighted by atomic mass is 79.9. The van der Waals surface area contributed by atoms with Crippen LogP contribution in [0.2, 0.25) is 0 Å². The fraction of sp³-hybridized carbons (Fsp3) is 0.0952. The van der Waals surface area contributed by atoms with E-state index in [0.29, 0.717) is 0 Å². The first kappa shape index (κ1) is 17.1. The largest absolute Gasteiger partial charge is 0.294 e. The minimum absolute atomic E-state index is 0.132. The molecule has 0 N–H and O–H groups in total. The van der Waals surface area contributed by atoms with Gasteiger partial charge in [-0.1, -0.05) is 87.3 Å². The Balaban J connectivity index is 2.05. The second kappa shape index (κ2) is 7.45. The van der Waals surface area contributed by atoms with Crippen molar-refractivity contribution in [1.29, 1.82) is 0 Å². The van der Waals surface area contributed by atoms with Gasteiger partial charge >= 0.3 is 0 Å². The summed E-state index contributed by atoms with van der Waals surface area (Å²) in [7, 11) is 0. The van der Waals surface area contributed by atoms with Crippen molar-refractivity contribution in [2.75, 3.05) is 0 Å². The number of ketones is 1. The lowest BCUT2D eigenvalue weighted by atomic mass is 9.87. The van der Waals surface area contributed by atoms with E-state index in [0.717, 1.165) is 31.2 Å². The number of Topliss-reactive ketones (excluding diaryl/α,β-unsaturated/α-hetero) is 1. The zero-order valence-electron chi connectivity index (χ0n) is 13.2. The first-order valence-corrected chi connectivity index (χ1v) is 9.29. The van der Waals surface area contributed by atoms with Gasteiger partial charge < -0.3 is 0 Å². The molecule has 3 rings (SSSR count). The van der Waals surface area contributed by atoms with E-state index < -0.39 is 0 Å². The Kier molecular flexibility index (Phi) is 5.32. The van der Waals surface area contributed by atoms with Crippen molar-refractivity contribution < 1.29 is 4.79 Å². The normalized spacial score (nSPS) is 12.0. The summed E-state index contributed by atoms with van der Waals surface area (Å²) >= 11 is 7.00. The molecule has 3 heteroatoms. The second-order valence-corrected chi connectivity index (χ2v) is 7.52. The predicted molar refractivity (Wildman–Crippen MR) is 106 cm³/mol. The maximum absolute atomic E-state index is 12.9. The number of benzene rings is 3. The lowest BCUT2D eigenvalue weighted by Gasteiger charge is -2.17. The van der Waals surface area contributed by atoms with Crippen molar-refractivity contribution in [3.05, 3.63) is 92.9 Å². The standard InChI is InChI=1S/C21H16Br2O/c1-14(21(24)16-5-3-2-4-6-16)20-13-18(23)11-12-19(20)15-7-9-17(22)10-8-15/h2-14H,1H3. The average Bonchev–Trinajstić information content (AvgIpc) is 2.62. The SMILES string of the molecule is CC(C(=O)c1ccccc1)c1cc(Br)ccc1-c1ccc(Br)cc1. The molecule has 120 valence electrons. The van der Waals surface area contributed by atoms with Crippen molar-refractivity contribution in [3.8, 4) is 11.1 Å². The number of carbonyl (C=O) groups excluding carboxylic acids is 1. The van der Waals surface area contributed by atoms with Gasteiger partial charge in [-0.3, -0.25) is 4.79 Å². The Bertz CT molecular complexity index is 855. The Hall–Kier alpha value is -1.71. The quantitative estimate of drug-likeness (QED) is 0.402. The summed E-state index contributed by atoms with van der Waals surface area (Å²) in [5.74, 6) is -0.0874. The summed E-state index contributed by atoms with van der Waals surface area (Å²) in [4.78, 5) is 12.9.